The summed E-state index contributed by atoms with van der Waals surface area (Å²) in [5.41, 5.74) is 0. The van der Waals surface area contributed by atoms with Crippen molar-refractivity contribution in [2.75, 3.05) is 0 Å². The van der Waals surface area contributed by atoms with E-state index in [1.807, 2.05) is 13.0 Å². The van der Waals surface area contributed by atoms with Crippen LogP contribution in [0.3, 0.4) is 0 Å². The monoisotopic (exact) mass is 281 g/mol. The summed E-state index contributed by atoms with van der Waals surface area (Å²) in [6.45, 7) is 3.99. The first-order valence-electron chi connectivity index (χ1n) is 6.34. The zero-order chi connectivity index (χ0) is 14.1. The third-order valence-corrected chi connectivity index (χ3v) is 2.61. The van der Waals surface area contributed by atoms with Gasteiger partial charge in [-0.05, 0) is 19.8 Å². The molecule has 0 aliphatic carbocycles. The van der Waals surface area contributed by atoms with Gasteiger partial charge in [-0.15, -0.1) is 10.2 Å². The van der Waals surface area contributed by atoms with Gasteiger partial charge in [-0.2, -0.15) is 10.5 Å². The van der Waals surface area contributed by atoms with Gasteiger partial charge in [0.25, 0.3) is 0 Å². The maximum absolute atomic E-state index is 11.6. The van der Waals surface area contributed by atoms with Crippen LogP contribution in [0.25, 0.3) is 0 Å². The Bertz CT molecular complexity index is 412. The van der Waals surface area contributed by atoms with E-state index in [9.17, 15) is 4.79 Å². The van der Waals surface area contributed by atoms with Gasteiger partial charge in [-0.25, -0.2) is 4.79 Å². The number of hydrogen-bond donors (Lipinski definition) is 3. The lowest BCUT2D eigenvalue weighted by atomic mass is 10.1. The Kier molecular flexibility index (Phi) is 8.67. The van der Waals surface area contributed by atoms with Gasteiger partial charge in [0, 0.05) is 12.5 Å². The minimum atomic E-state index is -0.563. The van der Waals surface area contributed by atoms with Gasteiger partial charge in [0.1, 0.15) is 6.04 Å². The van der Waals surface area contributed by atoms with Gasteiger partial charge in [-0.1, -0.05) is 26.0 Å². The van der Waals surface area contributed by atoms with E-state index in [-0.39, 0.29) is 19.5 Å². The first kappa shape index (κ1) is 17.8. The van der Waals surface area contributed by atoms with Crippen LogP contribution in [0.5, 0.6) is 0 Å². The van der Waals surface area contributed by atoms with Gasteiger partial charge in [0.05, 0.1) is 6.07 Å². The zero-order valence-corrected chi connectivity index (χ0v) is 11.2. The van der Waals surface area contributed by atoms with E-state index >= 15 is 0 Å². The molecule has 0 saturated carbocycles. The van der Waals surface area contributed by atoms with Gasteiger partial charge < -0.3 is 10.6 Å². The first-order chi connectivity index (χ1) is 9.15. The molecular formula is C12H23N7O. The van der Waals surface area contributed by atoms with Crippen LogP contribution in [0, 0.1) is 11.3 Å². The molecule has 8 nitrogen and oxygen atoms in total. The molecule has 2 amide bonds. The number of rotatable bonds is 7. The number of carbonyl (C=O) groups is 1. The van der Waals surface area contributed by atoms with Gasteiger partial charge in [0.2, 0.25) is 0 Å². The number of nitriles is 1. The molecule has 112 valence electrons. The number of carbonyl (C=O) groups excluding carboxylic acids is 1. The van der Waals surface area contributed by atoms with Crippen LogP contribution in [-0.4, -0.2) is 38.7 Å². The molecule has 2 unspecified atom stereocenters. The van der Waals surface area contributed by atoms with Crippen LogP contribution in [0.2, 0.25) is 0 Å². The molecule has 20 heavy (non-hydrogen) atoms. The Balaban J connectivity index is 0.00000361. The van der Waals surface area contributed by atoms with Crippen molar-refractivity contribution in [1.82, 2.24) is 31.3 Å². The number of aromatic nitrogens is 4. The largest absolute Gasteiger partial charge is 0.336 e. The second-order valence-corrected chi connectivity index (χ2v) is 4.36. The summed E-state index contributed by atoms with van der Waals surface area (Å²) < 4.78 is 0. The second kappa shape index (κ2) is 9.72. The Hall–Kier alpha value is -2.17. The highest BCUT2D eigenvalue weighted by Crippen LogP contribution is 1.99. The molecule has 0 aliphatic heterocycles. The Morgan fingerprint density at radius 2 is 2.20 bits per heavy atom. The molecular weight excluding hydrogens is 258 g/mol. The van der Waals surface area contributed by atoms with Gasteiger partial charge in [0.15, 0.2) is 5.82 Å². The molecule has 8 heteroatoms. The number of nitrogens with zero attached hydrogens (tertiary/aromatic N) is 4. The summed E-state index contributed by atoms with van der Waals surface area (Å²) in [5.74, 6) is 0.529. The van der Waals surface area contributed by atoms with Crippen LogP contribution >= 0.6 is 0 Å². The lowest BCUT2D eigenvalue weighted by Crippen LogP contribution is -2.45. The summed E-state index contributed by atoms with van der Waals surface area (Å²) in [5, 5.41) is 27.7. The number of aromatic amines is 1. The van der Waals surface area contributed by atoms with Crippen LogP contribution in [0.1, 0.15) is 46.4 Å². The number of amides is 2. The van der Waals surface area contributed by atoms with Crippen LogP contribution in [0.4, 0.5) is 4.79 Å². The highest BCUT2D eigenvalue weighted by molar-refractivity contribution is 5.74. The molecule has 3 N–H and O–H groups in total. The molecule has 1 aromatic heterocycles. The minimum Gasteiger partial charge on any atom is -0.336 e. The lowest BCUT2D eigenvalue weighted by molar-refractivity contribution is 0.235. The number of H-pyrrole nitrogens is 1. The molecule has 0 spiro atoms. The Labute approximate surface area is 119 Å². The summed E-state index contributed by atoms with van der Waals surface area (Å²) in [7, 11) is 0. The summed E-state index contributed by atoms with van der Waals surface area (Å²) in [6, 6.07) is 1.26. The van der Waals surface area contributed by atoms with Crippen molar-refractivity contribution in [3.63, 3.8) is 0 Å². The third kappa shape index (κ3) is 6.68. The first-order valence-corrected chi connectivity index (χ1v) is 6.34. The fourth-order valence-corrected chi connectivity index (χ4v) is 1.66. The average Bonchev–Trinajstić information content (AvgIpc) is 2.87. The number of urea groups is 1. The number of aryl methyl sites for hydroxylation is 1. The number of hydrogen-bond acceptors (Lipinski definition) is 5. The van der Waals surface area contributed by atoms with E-state index in [2.05, 4.69) is 38.2 Å². The van der Waals surface area contributed by atoms with Crippen molar-refractivity contribution in [3.8, 4) is 6.07 Å². The van der Waals surface area contributed by atoms with Crippen LogP contribution in [0.15, 0.2) is 0 Å². The molecule has 0 aromatic carbocycles. The standard InChI is InChI=1S/C11H19N7O.CH4/c1-3-4-8(2)13-11(19)14-9(7-12)5-6-10-15-17-18-16-10;/h8-9H,3-6H2,1-2H3,(H2,13,14,19)(H,15,16,17,18);1H4. The highest BCUT2D eigenvalue weighted by atomic mass is 16.2. The van der Waals surface area contributed by atoms with E-state index < -0.39 is 6.04 Å². The van der Waals surface area contributed by atoms with Gasteiger partial charge in [-0.3, -0.25) is 0 Å². The fourth-order valence-electron chi connectivity index (χ4n) is 1.66. The lowest BCUT2D eigenvalue weighted by Gasteiger charge is -2.16. The SMILES string of the molecule is C.CCCC(C)NC(=O)NC(C#N)CCc1nn[nH]n1. The van der Waals surface area contributed by atoms with Crippen LogP contribution < -0.4 is 10.6 Å². The predicted molar refractivity (Wildman–Crippen MR) is 74.7 cm³/mol. The van der Waals surface area contributed by atoms with E-state index in [4.69, 9.17) is 5.26 Å². The quantitative estimate of drug-likeness (QED) is 0.692. The van der Waals surface area contributed by atoms with E-state index in [1.165, 1.54) is 0 Å². The van der Waals surface area contributed by atoms with Crippen molar-refractivity contribution < 1.29 is 4.79 Å². The summed E-state index contributed by atoms with van der Waals surface area (Å²) in [6.07, 6.45) is 2.85. The van der Waals surface area contributed by atoms with E-state index in [0.717, 1.165) is 12.8 Å². The normalized spacial score (nSPS) is 12.7. The third-order valence-electron chi connectivity index (χ3n) is 2.61. The smallest absolute Gasteiger partial charge is 0.316 e. The topological polar surface area (TPSA) is 119 Å². The number of tetrazole rings is 1. The maximum Gasteiger partial charge on any atom is 0.316 e. The molecule has 1 aromatic rings. The minimum absolute atomic E-state index is 0. The van der Waals surface area contributed by atoms with Crippen molar-refractivity contribution in [2.45, 2.75) is 59.0 Å². The fraction of sp³-hybridized carbons (Fsp3) is 0.750. The van der Waals surface area contributed by atoms with Crippen molar-refractivity contribution in [1.29, 1.82) is 5.26 Å². The summed E-state index contributed by atoms with van der Waals surface area (Å²) >= 11 is 0. The molecule has 1 rings (SSSR count). The molecule has 0 aliphatic rings. The predicted octanol–water partition coefficient (Wildman–Crippen LogP) is 1.15. The maximum atomic E-state index is 11.6. The number of nitrogens with one attached hydrogen (secondary N) is 3. The molecule has 0 radical (unpaired) electrons. The Morgan fingerprint density at radius 1 is 1.45 bits per heavy atom. The Morgan fingerprint density at radius 3 is 2.75 bits per heavy atom. The highest BCUT2D eigenvalue weighted by Gasteiger charge is 2.13. The second-order valence-electron chi connectivity index (χ2n) is 4.36. The molecule has 0 bridgehead atoms. The van der Waals surface area contributed by atoms with E-state index in [0.29, 0.717) is 18.7 Å². The average molecular weight is 281 g/mol. The molecule has 0 saturated heterocycles. The summed E-state index contributed by atoms with van der Waals surface area (Å²) in [4.78, 5) is 11.6. The van der Waals surface area contributed by atoms with Gasteiger partial charge >= 0.3 is 6.03 Å². The van der Waals surface area contributed by atoms with Crippen molar-refractivity contribution in [3.05, 3.63) is 5.82 Å². The zero-order valence-electron chi connectivity index (χ0n) is 11.2. The van der Waals surface area contributed by atoms with E-state index in [1.54, 1.807) is 0 Å². The van der Waals surface area contributed by atoms with Crippen molar-refractivity contribution in [2.24, 2.45) is 0 Å². The molecule has 1 heterocycles. The molecule has 2 atom stereocenters. The van der Waals surface area contributed by atoms with Crippen LogP contribution in [-0.2, 0) is 6.42 Å². The molecule has 0 fully saturated rings. The van der Waals surface area contributed by atoms with Crippen molar-refractivity contribution >= 4 is 6.03 Å².